The number of rotatable bonds is 2. The van der Waals surface area contributed by atoms with Gasteiger partial charge in [0, 0.05) is 12.1 Å². The van der Waals surface area contributed by atoms with E-state index >= 15 is 0 Å². The Morgan fingerprint density at radius 3 is 2.52 bits per heavy atom. The number of nitro benzene ring substituents is 1. The molecule has 0 saturated heterocycles. The molecule has 0 spiro atoms. The second kappa shape index (κ2) is 4.82. The Morgan fingerprint density at radius 1 is 1.14 bits per heavy atom. The molecule has 2 aromatic carbocycles. The van der Waals surface area contributed by atoms with Gasteiger partial charge in [-0.25, -0.2) is 4.98 Å². The van der Waals surface area contributed by atoms with Crippen LogP contribution in [0.1, 0.15) is 5.56 Å². The summed E-state index contributed by atoms with van der Waals surface area (Å²) in [6, 6.07) is 11.5. The van der Waals surface area contributed by atoms with Gasteiger partial charge in [-0.05, 0) is 25.1 Å². The minimum absolute atomic E-state index is 0.122. The molecule has 3 aromatic rings. The molecule has 6 nitrogen and oxygen atoms in total. The van der Waals surface area contributed by atoms with Gasteiger partial charge in [0.05, 0.1) is 21.5 Å². The van der Waals surface area contributed by atoms with Crippen LogP contribution in [0.2, 0.25) is 0 Å². The normalized spacial score (nSPS) is 10.7. The number of nitro groups is 1. The number of fused-ring (bicyclic) bond motifs is 1. The van der Waals surface area contributed by atoms with Crippen LogP contribution < -0.4 is 5.56 Å². The van der Waals surface area contributed by atoms with Gasteiger partial charge in [0.1, 0.15) is 6.33 Å². The number of non-ortho nitro benzene ring substituents is 1. The zero-order chi connectivity index (χ0) is 15.0. The van der Waals surface area contributed by atoms with Crippen LogP contribution in [0.15, 0.2) is 53.6 Å². The molecule has 3 rings (SSSR count). The molecule has 0 radical (unpaired) electrons. The number of nitrogens with zero attached hydrogens (tertiary/aromatic N) is 3. The lowest BCUT2D eigenvalue weighted by molar-refractivity contribution is -0.384. The minimum atomic E-state index is -0.526. The van der Waals surface area contributed by atoms with E-state index < -0.39 is 4.92 Å². The molecule has 0 saturated carbocycles. The van der Waals surface area contributed by atoms with Crippen LogP contribution in [0.25, 0.3) is 16.6 Å². The second-order valence-electron chi connectivity index (χ2n) is 4.71. The van der Waals surface area contributed by atoms with Crippen molar-refractivity contribution in [2.24, 2.45) is 0 Å². The first-order chi connectivity index (χ1) is 10.1. The van der Waals surface area contributed by atoms with Crippen molar-refractivity contribution in [1.82, 2.24) is 9.55 Å². The van der Waals surface area contributed by atoms with E-state index in [1.807, 2.05) is 31.2 Å². The third-order valence-electron chi connectivity index (χ3n) is 3.26. The van der Waals surface area contributed by atoms with Crippen LogP contribution >= 0.6 is 0 Å². The molecule has 0 aliphatic rings. The standard InChI is InChI=1S/C15H11N3O3/c1-10-2-4-11(5-3-10)17-9-16-14-7-6-12(18(20)21)8-13(14)15(17)19/h2-9H,1H3. The van der Waals surface area contributed by atoms with Crippen molar-refractivity contribution in [3.63, 3.8) is 0 Å². The fourth-order valence-electron chi connectivity index (χ4n) is 2.11. The predicted octanol–water partition coefficient (Wildman–Crippen LogP) is 2.60. The Kier molecular flexibility index (Phi) is 2.98. The smallest absolute Gasteiger partial charge is 0.268 e. The fourth-order valence-corrected chi connectivity index (χ4v) is 2.11. The minimum Gasteiger partial charge on any atom is -0.268 e. The SMILES string of the molecule is Cc1ccc(-n2cnc3ccc([N+](=O)[O-])cc3c2=O)cc1. The monoisotopic (exact) mass is 281 g/mol. The zero-order valence-electron chi connectivity index (χ0n) is 11.2. The van der Waals surface area contributed by atoms with Crippen LogP contribution in [0.4, 0.5) is 5.69 Å². The van der Waals surface area contributed by atoms with E-state index in [9.17, 15) is 14.9 Å². The highest BCUT2D eigenvalue weighted by molar-refractivity contribution is 5.80. The molecular weight excluding hydrogens is 270 g/mol. The summed E-state index contributed by atoms with van der Waals surface area (Å²) in [5.74, 6) is 0. The summed E-state index contributed by atoms with van der Waals surface area (Å²) in [5.41, 5.74) is 1.74. The van der Waals surface area contributed by atoms with Gasteiger partial charge in [-0.1, -0.05) is 17.7 Å². The van der Waals surface area contributed by atoms with E-state index in [2.05, 4.69) is 4.98 Å². The summed E-state index contributed by atoms with van der Waals surface area (Å²) in [7, 11) is 0. The molecule has 0 aliphatic carbocycles. The molecule has 21 heavy (non-hydrogen) atoms. The Morgan fingerprint density at radius 2 is 1.86 bits per heavy atom. The average Bonchev–Trinajstić information content (AvgIpc) is 2.48. The molecule has 0 aliphatic heterocycles. The highest BCUT2D eigenvalue weighted by Crippen LogP contribution is 2.17. The third-order valence-corrected chi connectivity index (χ3v) is 3.26. The number of hydrogen-bond donors (Lipinski definition) is 0. The van der Waals surface area contributed by atoms with Crippen LogP contribution in [0.5, 0.6) is 0 Å². The maximum Gasteiger partial charge on any atom is 0.270 e. The number of aromatic nitrogens is 2. The molecule has 0 fully saturated rings. The van der Waals surface area contributed by atoms with Gasteiger partial charge in [0.15, 0.2) is 0 Å². The molecule has 1 aromatic heterocycles. The topological polar surface area (TPSA) is 78.0 Å². The first-order valence-corrected chi connectivity index (χ1v) is 6.29. The number of aryl methyl sites for hydroxylation is 1. The van der Waals surface area contributed by atoms with E-state index in [0.717, 1.165) is 5.56 Å². The quantitative estimate of drug-likeness (QED) is 0.534. The van der Waals surface area contributed by atoms with Crippen molar-refractivity contribution in [2.75, 3.05) is 0 Å². The number of benzene rings is 2. The Bertz CT molecular complexity index is 898. The maximum atomic E-state index is 12.5. The van der Waals surface area contributed by atoms with E-state index in [4.69, 9.17) is 0 Å². The van der Waals surface area contributed by atoms with Crippen molar-refractivity contribution in [3.8, 4) is 5.69 Å². The van der Waals surface area contributed by atoms with E-state index in [1.165, 1.54) is 29.1 Å². The van der Waals surface area contributed by atoms with Crippen molar-refractivity contribution >= 4 is 16.6 Å². The van der Waals surface area contributed by atoms with Gasteiger partial charge in [-0.15, -0.1) is 0 Å². The molecule has 6 heteroatoms. The van der Waals surface area contributed by atoms with Crippen molar-refractivity contribution in [2.45, 2.75) is 6.92 Å². The van der Waals surface area contributed by atoms with Crippen molar-refractivity contribution in [3.05, 3.63) is 74.8 Å². The molecule has 0 unspecified atom stereocenters. The molecule has 0 bridgehead atoms. The van der Waals surface area contributed by atoms with Crippen molar-refractivity contribution in [1.29, 1.82) is 0 Å². The lowest BCUT2D eigenvalue weighted by Gasteiger charge is -2.06. The summed E-state index contributed by atoms with van der Waals surface area (Å²) >= 11 is 0. The summed E-state index contributed by atoms with van der Waals surface area (Å²) < 4.78 is 1.38. The third kappa shape index (κ3) is 2.27. The fraction of sp³-hybridized carbons (Fsp3) is 0.0667. The Labute approximate surface area is 119 Å². The van der Waals surface area contributed by atoms with Gasteiger partial charge in [0.25, 0.3) is 11.2 Å². The second-order valence-corrected chi connectivity index (χ2v) is 4.71. The predicted molar refractivity (Wildman–Crippen MR) is 78.7 cm³/mol. The lowest BCUT2D eigenvalue weighted by Crippen LogP contribution is -2.18. The molecule has 0 N–H and O–H groups in total. The summed E-state index contributed by atoms with van der Waals surface area (Å²) in [5, 5.41) is 11.1. The highest BCUT2D eigenvalue weighted by Gasteiger charge is 2.11. The molecule has 1 heterocycles. The first-order valence-electron chi connectivity index (χ1n) is 6.29. The van der Waals surface area contributed by atoms with Gasteiger partial charge in [-0.2, -0.15) is 0 Å². The molecular formula is C15H11N3O3. The Hall–Kier alpha value is -3.02. The zero-order valence-corrected chi connectivity index (χ0v) is 11.2. The van der Waals surface area contributed by atoms with E-state index in [-0.39, 0.29) is 16.6 Å². The van der Waals surface area contributed by atoms with Crippen LogP contribution in [-0.2, 0) is 0 Å². The molecule has 104 valence electrons. The Balaban J connectivity index is 2.26. The summed E-state index contributed by atoms with van der Waals surface area (Å²) in [4.78, 5) is 27.0. The van der Waals surface area contributed by atoms with Crippen LogP contribution in [0, 0.1) is 17.0 Å². The van der Waals surface area contributed by atoms with Gasteiger partial charge in [-0.3, -0.25) is 19.5 Å². The van der Waals surface area contributed by atoms with E-state index in [0.29, 0.717) is 11.2 Å². The highest BCUT2D eigenvalue weighted by atomic mass is 16.6. The van der Waals surface area contributed by atoms with Crippen LogP contribution in [0.3, 0.4) is 0 Å². The average molecular weight is 281 g/mol. The largest absolute Gasteiger partial charge is 0.270 e. The van der Waals surface area contributed by atoms with Crippen molar-refractivity contribution < 1.29 is 4.92 Å². The molecule has 0 atom stereocenters. The first kappa shape index (κ1) is 13.0. The summed E-state index contributed by atoms with van der Waals surface area (Å²) in [6.07, 6.45) is 1.43. The van der Waals surface area contributed by atoms with Gasteiger partial charge >= 0.3 is 0 Å². The number of hydrogen-bond acceptors (Lipinski definition) is 4. The molecule has 0 amide bonds. The van der Waals surface area contributed by atoms with Gasteiger partial charge < -0.3 is 0 Å². The van der Waals surface area contributed by atoms with E-state index in [1.54, 1.807) is 0 Å². The van der Waals surface area contributed by atoms with Gasteiger partial charge in [0.2, 0.25) is 0 Å². The maximum absolute atomic E-state index is 12.5. The summed E-state index contributed by atoms with van der Waals surface area (Å²) in [6.45, 7) is 1.95. The lowest BCUT2D eigenvalue weighted by atomic mass is 10.2. The van der Waals surface area contributed by atoms with Crippen LogP contribution in [-0.4, -0.2) is 14.5 Å².